The molecule has 1 aliphatic carbocycles. The summed E-state index contributed by atoms with van der Waals surface area (Å²) in [5.74, 6) is 1.03. The Balaban J connectivity index is 1.43. The van der Waals surface area contributed by atoms with Gasteiger partial charge in [-0.15, -0.1) is 0 Å². The van der Waals surface area contributed by atoms with Gasteiger partial charge in [-0.05, 0) is 35.8 Å². The van der Waals surface area contributed by atoms with E-state index in [1.807, 2.05) is 4.90 Å². The van der Waals surface area contributed by atoms with Gasteiger partial charge in [0.05, 0.1) is 5.56 Å². The van der Waals surface area contributed by atoms with Gasteiger partial charge in [0.15, 0.2) is 0 Å². The lowest BCUT2D eigenvalue weighted by Crippen LogP contribution is -2.33. The van der Waals surface area contributed by atoms with E-state index in [1.54, 1.807) is 6.07 Å². The van der Waals surface area contributed by atoms with Crippen molar-refractivity contribution in [2.75, 3.05) is 26.2 Å². The second kappa shape index (κ2) is 5.23. The quantitative estimate of drug-likeness (QED) is 0.906. The third-order valence-corrected chi connectivity index (χ3v) is 5.45. The smallest absolute Gasteiger partial charge is 0.342 e. The maximum Gasteiger partial charge on any atom is 0.416 e. The Morgan fingerprint density at radius 2 is 1.87 bits per heavy atom. The van der Waals surface area contributed by atoms with E-state index in [4.69, 9.17) is 0 Å². The van der Waals surface area contributed by atoms with Crippen LogP contribution < -0.4 is 5.32 Å². The highest BCUT2D eigenvalue weighted by atomic mass is 19.4. The first kappa shape index (κ1) is 15.0. The van der Waals surface area contributed by atoms with Crippen LogP contribution in [-0.2, 0) is 11.0 Å². The number of fused-ring (bicyclic) bond motifs is 1. The molecule has 0 spiro atoms. The number of alkyl halides is 3. The number of benzene rings is 1. The van der Waals surface area contributed by atoms with Gasteiger partial charge in [-0.25, -0.2) is 0 Å². The van der Waals surface area contributed by atoms with E-state index < -0.39 is 11.7 Å². The molecule has 1 N–H and O–H groups in total. The molecule has 2 aliphatic heterocycles. The lowest BCUT2D eigenvalue weighted by Gasteiger charge is -2.17. The van der Waals surface area contributed by atoms with Gasteiger partial charge < -0.3 is 10.2 Å². The van der Waals surface area contributed by atoms with Gasteiger partial charge >= 0.3 is 6.18 Å². The van der Waals surface area contributed by atoms with E-state index in [9.17, 15) is 18.0 Å². The van der Waals surface area contributed by atoms with Crippen molar-refractivity contribution in [1.82, 2.24) is 10.2 Å². The van der Waals surface area contributed by atoms with E-state index in [0.29, 0.717) is 23.8 Å². The van der Waals surface area contributed by atoms with Crippen LogP contribution in [0.4, 0.5) is 13.2 Å². The number of hydrogen-bond donors (Lipinski definition) is 1. The highest BCUT2D eigenvalue weighted by molar-refractivity contribution is 5.83. The number of carbonyl (C=O) groups is 1. The van der Waals surface area contributed by atoms with Crippen molar-refractivity contribution in [3.63, 3.8) is 0 Å². The van der Waals surface area contributed by atoms with Crippen LogP contribution >= 0.6 is 0 Å². The monoisotopic (exact) mass is 324 g/mol. The normalized spacial score (nSPS) is 32.9. The van der Waals surface area contributed by atoms with E-state index in [1.165, 1.54) is 12.1 Å². The SMILES string of the molecule is O=C(C1CC1c1cccc(C(F)(F)F)c1)N1C[C@H]2CNC[C@H]2C1. The second-order valence-electron chi connectivity index (χ2n) is 6.99. The van der Waals surface area contributed by atoms with Crippen LogP contribution in [0.15, 0.2) is 24.3 Å². The standard InChI is InChI=1S/C17H19F3N2O/c18-17(19,20)13-3-1-2-10(4-13)14-5-15(14)16(23)22-8-11-6-21-7-12(11)9-22/h1-4,11-12,14-15,21H,5-9H2/t11-,12+,14?,15?. The lowest BCUT2D eigenvalue weighted by atomic mass is 10.0. The number of nitrogens with one attached hydrogen (secondary N) is 1. The molecule has 1 aromatic rings. The van der Waals surface area contributed by atoms with Crippen molar-refractivity contribution < 1.29 is 18.0 Å². The number of rotatable bonds is 2. The summed E-state index contributed by atoms with van der Waals surface area (Å²) in [6.07, 6.45) is -3.66. The van der Waals surface area contributed by atoms with Crippen LogP contribution in [0.1, 0.15) is 23.5 Å². The number of amides is 1. The summed E-state index contributed by atoms with van der Waals surface area (Å²) < 4.78 is 38.4. The number of nitrogens with zero attached hydrogens (tertiary/aromatic N) is 1. The average molecular weight is 324 g/mol. The van der Waals surface area contributed by atoms with Gasteiger partial charge in [0.25, 0.3) is 0 Å². The summed E-state index contributed by atoms with van der Waals surface area (Å²) in [4.78, 5) is 14.5. The molecule has 1 saturated carbocycles. The Bertz CT molecular complexity index is 619. The Morgan fingerprint density at radius 1 is 1.17 bits per heavy atom. The molecule has 1 amide bonds. The molecule has 2 unspecified atom stereocenters. The molecule has 0 bridgehead atoms. The van der Waals surface area contributed by atoms with Gasteiger partial charge in [0.2, 0.25) is 5.91 Å². The second-order valence-corrected chi connectivity index (χ2v) is 6.99. The molecule has 3 fully saturated rings. The highest BCUT2D eigenvalue weighted by Crippen LogP contribution is 2.50. The Labute approximate surface area is 132 Å². The van der Waals surface area contributed by atoms with Crippen molar-refractivity contribution in [1.29, 1.82) is 0 Å². The molecule has 1 aromatic carbocycles. The molecule has 0 aromatic heterocycles. The van der Waals surface area contributed by atoms with Crippen molar-refractivity contribution in [2.24, 2.45) is 17.8 Å². The average Bonchev–Trinajstić information content (AvgIpc) is 3.01. The lowest BCUT2D eigenvalue weighted by molar-refractivity contribution is -0.137. The molecule has 0 radical (unpaired) electrons. The zero-order chi connectivity index (χ0) is 16.2. The minimum Gasteiger partial charge on any atom is -0.342 e. The fourth-order valence-electron chi connectivity index (χ4n) is 4.05. The topological polar surface area (TPSA) is 32.3 Å². The third kappa shape index (κ3) is 2.73. The van der Waals surface area contributed by atoms with Crippen molar-refractivity contribution in [3.05, 3.63) is 35.4 Å². The fraction of sp³-hybridized carbons (Fsp3) is 0.588. The van der Waals surface area contributed by atoms with Crippen LogP contribution in [0, 0.1) is 17.8 Å². The summed E-state index contributed by atoms with van der Waals surface area (Å²) >= 11 is 0. The molecule has 6 heteroatoms. The molecular weight excluding hydrogens is 305 g/mol. The minimum atomic E-state index is -4.33. The first-order chi connectivity index (χ1) is 10.9. The molecule has 2 heterocycles. The minimum absolute atomic E-state index is 0.0524. The summed E-state index contributed by atoms with van der Waals surface area (Å²) in [6.45, 7) is 3.52. The summed E-state index contributed by atoms with van der Waals surface area (Å²) in [7, 11) is 0. The number of halogens is 3. The van der Waals surface area contributed by atoms with Gasteiger partial charge in [-0.1, -0.05) is 18.2 Å². The van der Waals surface area contributed by atoms with Crippen molar-refractivity contribution in [2.45, 2.75) is 18.5 Å². The van der Waals surface area contributed by atoms with Gasteiger partial charge in [0.1, 0.15) is 0 Å². The van der Waals surface area contributed by atoms with Crippen LogP contribution in [0.3, 0.4) is 0 Å². The Kier molecular flexibility index (Phi) is 3.41. The number of hydrogen-bond acceptors (Lipinski definition) is 2. The van der Waals surface area contributed by atoms with E-state index in [-0.39, 0.29) is 17.7 Å². The molecule has 4 atom stereocenters. The van der Waals surface area contributed by atoms with E-state index in [0.717, 1.165) is 32.2 Å². The largest absolute Gasteiger partial charge is 0.416 e. The third-order valence-electron chi connectivity index (χ3n) is 5.45. The van der Waals surface area contributed by atoms with E-state index in [2.05, 4.69) is 5.32 Å². The van der Waals surface area contributed by atoms with Crippen molar-refractivity contribution in [3.8, 4) is 0 Å². The zero-order valence-corrected chi connectivity index (χ0v) is 12.6. The molecular formula is C17H19F3N2O. The molecule has 2 saturated heterocycles. The fourth-order valence-corrected chi connectivity index (χ4v) is 4.05. The van der Waals surface area contributed by atoms with Gasteiger partial charge in [-0.3, -0.25) is 4.79 Å². The highest BCUT2D eigenvalue weighted by Gasteiger charge is 2.49. The Morgan fingerprint density at radius 3 is 2.52 bits per heavy atom. The number of carbonyl (C=O) groups excluding carboxylic acids is 1. The van der Waals surface area contributed by atoms with Crippen LogP contribution in [0.2, 0.25) is 0 Å². The molecule has 3 aliphatic rings. The molecule has 23 heavy (non-hydrogen) atoms. The Hall–Kier alpha value is -1.56. The van der Waals surface area contributed by atoms with Crippen LogP contribution in [0.5, 0.6) is 0 Å². The molecule has 124 valence electrons. The summed E-state index contributed by atoms with van der Waals surface area (Å²) in [6, 6.07) is 5.41. The predicted octanol–water partition coefficient (Wildman–Crippen LogP) is 2.49. The molecule has 4 rings (SSSR count). The van der Waals surface area contributed by atoms with Crippen molar-refractivity contribution >= 4 is 5.91 Å². The summed E-state index contributed by atoms with van der Waals surface area (Å²) in [5, 5.41) is 3.34. The first-order valence-electron chi connectivity index (χ1n) is 8.10. The van der Waals surface area contributed by atoms with Crippen LogP contribution in [-0.4, -0.2) is 37.0 Å². The zero-order valence-electron chi connectivity index (χ0n) is 12.6. The van der Waals surface area contributed by atoms with Crippen LogP contribution in [0.25, 0.3) is 0 Å². The van der Waals surface area contributed by atoms with Gasteiger partial charge in [0, 0.05) is 32.1 Å². The maximum absolute atomic E-state index is 12.8. The summed E-state index contributed by atoms with van der Waals surface area (Å²) in [5.41, 5.74) is 0.00844. The first-order valence-corrected chi connectivity index (χ1v) is 8.10. The maximum atomic E-state index is 12.8. The molecule has 3 nitrogen and oxygen atoms in total. The number of likely N-dealkylation sites (tertiary alicyclic amines) is 1. The van der Waals surface area contributed by atoms with Gasteiger partial charge in [-0.2, -0.15) is 13.2 Å². The van der Waals surface area contributed by atoms with E-state index >= 15 is 0 Å². The predicted molar refractivity (Wildman–Crippen MR) is 78.7 cm³/mol.